The molecule has 0 unspecified atom stereocenters. The molecule has 0 aliphatic carbocycles. The van der Waals surface area contributed by atoms with E-state index in [0.29, 0.717) is 12.2 Å². The van der Waals surface area contributed by atoms with Crippen LogP contribution in [0.25, 0.3) is 10.9 Å². The van der Waals surface area contributed by atoms with Crippen molar-refractivity contribution in [3.8, 4) is 5.75 Å². The third-order valence-corrected chi connectivity index (χ3v) is 4.44. The molecule has 2 aromatic carbocycles. The van der Waals surface area contributed by atoms with Gasteiger partial charge in [-0.05, 0) is 61.4 Å². The van der Waals surface area contributed by atoms with Crippen molar-refractivity contribution in [2.24, 2.45) is 0 Å². The summed E-state index contributed by atoms with van der Waals surface area (Å²) in [6.45, 7) is 1.37. The molecule has 1 amide bonds. The number of fused-ring (bicyclic) bond motifs is 1. The molecule has 0 saturated carbocycles. The van der Waals surface area contributed by atoms with Crippen molar-refractivity contribution in [2.45, 2.75) is 18.9 Å². The smallest absolute Gasteiger partial charge is 0.255 e. The highest BCUT2D eigenvalue weighted by Crippen LogP contribution is 2.19. The van der Waals surface area contributed by atoms with Crippen LogP contribution in [-0.4, -0.2) is 30.2 Å². The molecule has 0 radical (unpaired) electrons. The fourth-order valence-electron chi connectivity index (χ4n) is 3.02. The number of rotatable bonds is 5. The summed E-state index contributed by atoms with van der Waals surface area (Å²) in [7, 11) is 0. The van der Waals surface area contributed by atoms with E-state index in [2.05, 4.69) is 10.3 Å². The van der Waals surface area contributed by atoms with Gasteiger partial charge in [0, 0.05) is 29.4 Å². The van der Waals surface area contributed by atoms with Gasteiger partial charge in [-0.1, -0.05) is 6.07 Å². The van der Waals surface area contributed by atoms with Crippen LogP contribution in [0.1, 0.15) is 23.2 Å². The second-order valence-corrected chi connectivity index (χ2v) is 6.34. The number of aromatic nitrogens is 1. The summed E-state index contributed by atoms with van der Waals surface area (Å²) >= 11 is 0. The lowest BCUT2D eigenvalue weighted by Crippen LogP contribution is -2.16. The third-order valence-electron chi connectivity index (χ3n) is 4.44. The molecule has 1 aromatic heterocycles. The van der Waals surface area contributed by atoms with Crippen LogP contribution in [0, 0.1) is 0 Å². The molecule has 1 saturated heterocycles. The molecule has 1 fully saturated rings. The Balaban J connectivity index is 1.38. The number of benzene rings is 2. The minimum Gasteiger partial charge on any atom is -0.491 e. The topological polar surface area (TPSA) is 60.5 Å². The number of carbonyl (C=O) groups is 1. The highest BCUT2D eigenvalue weighted by Gasteiger charge is 2.16. The maximum atomic E-state index is 12.4. The fourth-order valence-corrected chi connectivity index (χ4v) is 3.02. The summed E-state index contributed by atoms with van der Waals surface area (Å²) < 4.78 is 11.3. The average molecular weight is 348 g/mol. The van der Waals surface area contributed by atoms with E-state index in [1.54, 1.807) is 18.3 Å². The lowest BCUT2D eigenvalue weighted by atomic mass is 10.1. The van der Waals surface area contributed by atoms with Gasteiger partial charge in [0.25, 0.3) is 5.91 Å². The lowest BCUT2D eigenvalue weighted by Gasteiger charge is -2.12. The first-order chi connectivity index (χ1) is 12.8. The molecule has 0 bridgehead atoms. The molecular weight excluding hydrogens is 328 g/mol. The number of ether oxygens (including phenoxy) is 2. The third kappa shape index (κ3) is 3.83. The predicted octanol–water partition coefficient (Wildman–Crippen LogP) is 4.04. The average Bonchev–Trinajstić information content (AvgIpc) is 3.20. The zero-order chi connectivity index (χ0) is 17.8. The quantitative estimate of drug-likeness (QED) is 0.756. The summed E-state index contributed by atoms with van der Waals surface area (Å²) in [5.74, 6) is 0.591. The Labute approximate surface area is 152 Å². The standard InChI is InChI=1S/C21H20N2O3/c24-21(23-17-7-10-20-16(13-17)3-1-11-22-20)15-5-8-18(9-6-15)26-14-19-4-2-12-25-19/h1,3,5-11,13,19H,2,4,12,14H2,(H,23,24)/t19-/m0/s1. The van der Waals surface area contributed by atoms with Crippen molar-refractivity contribution in [1.29, 1.82) is 0 Å². The van der Waals surface area contributed by atoms with Crippen LogP contribution in [0.15, 0.2) is 60.8 Å². The second-order valence-electron chi connectivity index (χ2n) is 6.34. The van der Waals surface area contributed by atoms with Gasteiger partial charge in [0.1, 0.15) is 12.4 Å². The van der Waals surface area contributed by atoms with Crippen molar-refractivity contribution >= 4 is 22.5 Å². The van der Waals surface area contributed by atoms with Gasteiger partial charge >= 0.3 is 0 Å². The van der Waals surface area contributed by atoms with E-state index in [9.17, 15) is 4.79 Å². The Morgan fingerprint density at radius 2 is 2.08 bits per heavy atom. The van der Waals surface area contributed by atoms with E-state index < -0.39 is 0 Å². The van der Waals surface area contributed by atoms with Crippen molar-refractivity contribution in [1.82, 2.24) is 4.98 Å². The highest BCUT2D eigenvalue weighted by atomic mass is 16.5. The largest absolute Gasteiger partial charge is 0.491 e. The van der Waals surface area contributed by atoms with Gasteiger partial charge in [0.15, 0.2) is 0 Å². The maximum Gasteiger partial charge on any atom is 0.255 e. The van der Waals surface area contributed by atoms with Crippen molar-refractivity contribution < 1.29 is 14.3 Å². The van der Waals surface area contributed by atoms with Gasteiger partial charge < -0.3 is 14.8 Å². The van der Waals surface area contributed by atoms with E-state index in [4.69, 9.17) is 9.47 Å². The van der Waals surface area contributed by atoms with Crippen LogP contribution in [0.5, 0.6) is 5.75 Å². The molecule has 132 valence electrons. The molecule has 3 aromatic rings. The first kappa shape index (κ1) is 16.5. The SMILES string of the molecule is O=C(Nc1ccc2ncccc2c1)c1ccc(OC[C@@H]2CCCO2)cc1. The van der Waals surface area contributed by atoms with Crippen molar-refractivity contribution in [2.75, 3.05) is 18.5 Å². The van der Waals surface area contributed by atoms with Gasteiger partial charge in [-0.15, -0.1) is 0 Å². The van der Waals surface area contributed by atoms with Crippen molar-refractivity contribution in [3.63, 3.8) is 0 Å². The first-order valence-corrected chi connectivity index (χ1v) is 8.78. The number of amides is 1. The molecular formula is C21H20N2O3. The Morgan fingerprint density at radius 1 is 1.19 bits per heavy atom. The van der Waals surface area contributed by atoms with Gasteiger partial charge in [-0.25, -0.2) is 0 Å². The van der Waals surface area contributed by atoms with Gasteiger partial charge in [-0.3, -0.25) is 9.78 Å². The Hall–Kier alpha value is -2.92. The highest BCUT2D eigenvalue weighted by molar-refractivity contribution is 6.05. The molecule has 5 nitrogen and oxygen atoms in total. The number of hydrogen-bond donors (Lipinski definition) is 1. The normalized spacial score (nSPS) is 16.5. The maximum absolute atomic E-state index is 12.4. The van der Waals surface area contributed by atoms with Crippen LogP contribution >= 0.6 is 0 Å². The van der Waals surface area contributed by atoms with Crippen LogP contribution in [0.2, 0.25) is 0 Å². The summed E-state index contributed by atoms with van der Waals surface area (Å²) in [6.07, 6.45) is 4.07. The van der Waals surface area contributed by atoms with E-state index in [0.717, 1.165) is 41.8 Å². The molecule has 2 heterocycles. The lowest BCUT2D eigenvalue weighted by molar-refractivity contribution is 0.0679. The van der Waals surface area contributed by atoms with Gasteiger partial charge in [0.2, 0.25) is 0 Å². The first-order valence-electron chi connectivity index (χ1n) is 8.78. The van der Waals surface area contributed by atoms with Crippen LogP contribution < -0.4 is 10.1 Å². The molecule has 1 aliphatic rings. The molecule has 1 atom stereocenters. The number of pyridine rings is 1. The van der Waals surface area contributed by atoms with Crippen LogP contribution in [0.3, 0.4) is 0 Å². The van der Waals surface area contributed by atoms with E-state index in [1.165, 1.54) is 0 Å². The van der Waals surface area contributed by atoms with E-state index in [-0.39, 0.29) is 12.0 Å². The molecule has 5 heteroatoms. The number of hydrogen-bond acceptors (Lipinski definition) is 4. The molecule has 0 spiro atoms. The summed E-state index contributed by atoms with van der Waals surface area (Å²) in [5.41, 5.74) is 2.23. The van der Waals surface area contributed by atoms with Gasteiger partial charge in [0.05, 0.1) is 11.6 Å². The minimum atomic E-state index is -0.154. The molecule has 26 heavy (non-hydrogen) atoms. The van der Waals surface area contributed by atoms with Gasteiger partial charge in [-0.2, -0.15) is 0 Å². The number of carbonyl (C=O) groups excluding carboxylic acids is 1. The zero-order valence-electron chi connectivity index (χ0n) is 14.4. The van der Waals surface area contributed by atoms with Crippen LogP contribution in [0.4, 0.5) is 5.69 Å². The van der Waals surface area contributed by atoms with E-state index >= 15 is 0 Å². The Bertz CT molecular complexity index is 903. The second kappa shape index (κ2) is 7.54. The zero-order valence-corrected chi connectivity index (χ0v) is 14.4. The van der Waals surface area contributed by atoms with Crippen LogP contribution in [-0.2, 0) is 4.74 Å². The number of nitrogens with zero attached hydrogens (tertiary/aromatic N) is 1. The molecule has 1 aliphatic heterocycles. The number of nitrogens with one attached hydrogen (secondary N) is 1. The van der Waals surface area contributed by atoms with Crippen molar-refractivity contribution in [3.05, 3.63) is 66.4 Å². The Kier molecular flexibility index (Phi) is 4.80. The molecule has 4 rings (SSSR count). The fraction of sp³-hybridized carbons (Fsp3) is 0.238. The summed E-state index contributed by atoms with van der Waals surface area (Å²) in [4.78, 5) is 16.7. The predicted molar refractivity (Wildman–Crippen MR) is 101 cm³/mol. The Morgan fingerprint density at radius 3 is 2.88 bits per heavy atom. The van der Waals surface area contributed by atoms with E-state index in [1.807, 2.05) is 42.5 Å². The minimum absolute atomic E-state index is 0.154. The summed E-state index contributed by atoms with van der Waals surface area (Å²) in [5, 5.41) is 3.91. The summed E-state index contributed by atoms with van der Waals surface area (Å²) in [6, 6.07) is 16.7. The molecule has 1 N–H and O–H groups in total. The number of anilines is 1. The monoisotopic (exact) mass is 348 g/mol.